The fraction of sp³-hybridized carbons (Fsp3) is 0.417. The van der Waals surface area contributed by atoms with Crippen LogP contribution in [0.2, 0.25) is 0 Å². The summed E-state index contributed by atoms with van der Waals surface area (Å²) in [5, 5.41) is 17.8. The lowest BCUT2D eigenvalue weighted by Gasteiger charge is -2.14. The largest absolute Gasteiger partial charge is 0.395 e. The van der Waals surface area contributed by atoms with Crippen molar-refractivity contribution in [3.8, 4) is 6.07 Å². The molecule has 98 valence electrons. The van der Waals surface area contributed by atoms with Crippen molar-refractivity contribution in [3.63, 3.8) is 0 Å². The smallest absolute Gasteiger partial charge is 0.240 e. The molecule has 0 saturated carbocycles. The highest BCUT2D eigenvalue weighted by Gasteiger charge is 2.19. The first-order valence-electron chi connectivity index (χ1n) is 5.58. The highest BCUT2D eigenvalue weighted by atomic mass is 32.2. The molecular formula is C12H16N2O3S. The molecule has 0 radical (unpaired) electrons. The number of aliphatic hydroxyl groups excluding tert-OH is 1. The third-order valence-electron chi connectivity index (χ3n) is 2.66. The summed E-state index contributed by atoms with van der Waals surface area (Å²) in [6, 6.07) is 5.80. The van der Waals surface area contributed by atoms with Crippen LogP contribution < -0.4 is 4.72 Å². The summed E-state index contributed by atoms with van der Waals surface area (Å²) in [5.41, 5.74) is 1.06. The molecule has 0 spiro atoms. The lowest BCUT2D eigenvalue weighted by atomic mass is 10.1. The summed E-state index contributed by atoms with van der Waals surface area (Å²) in [5.74, 6) is 0. The van der Waals surface area contributed by atoms with Crippen molar-refractivity contribution in [1.82, 2.24) is 4.72 Å². The highest BCUT2D eigenvalue weighted by Crippen LogP contribution is 2.15. The molecule has 0 aliphatic heterocycles. The number of hydrogen-bond acceptors (Lipinski definition) is 4. The van der Waals surface area contributed by atoms with Gasteiger partial charge in [0.2, 0.25) is 10.0 Å². The van der Waals surface area contributed by atoms with Gasteiger partial charge in [0.15, 0.2) is 0 Å². The van der Waals surface area contributed by atoms with Crippen LogP contribution in [0.1, 0.15) is 24.5 Å². The van der Waals surface area contributed by atoms with Crippen LogP contribution in [-0.4, -0.2) is 26.2 Å². The number of nitrogens with zero attached hydrogens (tertiary/aromatic N) is 1. The molecule has 5 nitrogen and oxygen atoms in total. The van der Waals surface area contributed by atoms with Crippen molar-refractivity contribution in [3.05, 3.63) is 29.3 Å². The van der Waals surface area contributed by atoms with Crippen molar-refractivity contribution < 1.29 is 13.5 Å². The molecule has 0 aliphatic carbocycles. The van der Waals surface area contributed by atoms with Crippen molar-refractivity contribution >= 4 is 10.0 Å². The van der Waals surface area contributed by atoms with E-state index in [2.05, 4.69) is 4.72 Å². The number of aliphatic hydroxyl groups is 1. The van der Waals surface area contributed by atoms with Crippen LogP contribution in [0.15, 0.2) is 23.1 Å². The molecule has 1 aromatic rings. The molecule has 0 aromatic heterocycles. The Morgan fingerprint density at radius 1 is 1.50 bits per heavy atom. The Morgan fingerprint density at radius 2 is 2.17 bits per heavy atom. The minimum Gasteiger partial charge on any atom is -0.395 e. The Labute approximate surface area is 107 Å². The Bertz CT molecular complexity index is 557. The molecule has 1 rings (SSSR count). The van der Waals surface area contributed by atoms with E-state index < -0.39 is 16.1 Å². The number of nitrogens with one attached hydrogen (secondary N) is 1. The van der Waals surface area contributed by atoms with Gasteiger partial charge in [0.1, 0.15) is 0 Å². The first-order chi connectivity index (χ1) is 8.44. The second-order valence-electron chi connectivity index (χ2n) is 4.00. The monoisotopic (exact) mass is 268 g/mol. The third kappa shape index (κ3) is 3.29. The maximum Gasteiger partial charge on any atom is 0.240 e. The van der Waals surface area contributed by atoms with Gasteiger partial charge >= 0.3 is 0 Å². The van der Waals surface area contributed by atoms with Gasteiger partial charge in [-0.1, -0.05) is 6.92 Å². The molecular weight excluding hydrogens is 252 g/mol. The molecule has 0 saturated heterocycles. The van der Waals surface area contributed by atoms with Crippen LogP contribution in [0.25, 0.3) is 0 Å². The van der Waals surface area contributed by atoms with Crippen LogP contribution in [0.4, 0.5) is 0 Å². The SMILES string of the molecule is CCC(CO)NS(=O)(=O)c1ccc(C#N)c(C)c1. The number of hydrogen-bond donors (Lipinski definition) is 2. The van der Waals surface area contributed by atoms with Crippen LogP contribution in [0.5, 0.6) is 0 Å². The predicted octanol–water partition coefficient (Wildman–Crippen LogP) is 0.916. The zero-order valence-electron chi connectivity index (χ0n) is 10.3. The fourth-order valence-electron chi connectivity index (χ4n) is 1.47. The first-order valence-corrected chi connectivity index (χ1v) is 7.06. The van der Waals surface area contributed by atoms with E-state index in [4.69, 9.17) is 10.4 Å². The molecule has 0 fully saturated rings. The molecule has 2 N–H and O–H groups in total. The Balaban J connectivity index is 3.06. The quantitative estimate of drug-likeness (QED) is 0.830. The third-order valence-corrected chi connectivity index (χ3v) is 4.18. The normalized spacial score (nSPS) is 13.0. The van der Waals surface area contributed by atoms with Crippen LogP contribution in [0, 0.1) is 18.3 Å². The molecule has 0 amide bonds. The molecule has 0 aliphatic rings. The summed E-state index contributed by atoms with van der Waals surface area (Å²) in [6.45, 7) is 3.22. The highest BCUT2D eigenvalue weighted by molar-refractivity contribution is 7.89. The molecule has 18 heavy (non-hydrogen) atoms. The number of aryl methyl sites for hydroxylation is 1. The number of rotatable bonds is 5. The van der Waals surface area contributed by atoms with E-state index in [9.17, 15) is 8.42 Å². The molecule has 0 bridgehead atoms. The predicted molar refractivity (Wildman–Crippen MR) is 67.4 cm³/mol. The van der Waals surface area contributed by atoms with E-state index in [1.807, 2.05) is 6.07 Å². The van der Waals surface area contributed by atoms with Gasteiger partial charge in [-0.05, 0) is 37.1 Å². The van der Waals surface area contributed by atoms with Crippen LogP contribution in [-0.2, 0) is 10.0 Å². The van der Waals surface area contributed by atoms with Gasteiger partial charge in [-0.15, -0.1) is 0 Å². The van der Waals surface area contributed by atoms with Gasteiger partial charge in [0.25, 0.3) is 0 Å². The van der Waals surface area contributed by atoms with Crippen molar-refractivity contribution in [2.75, 3.05) is 6.61 Å². The zero-order valence-corrected chi connectivity index (χ0v) is 11.2. The lowest BCUT2D eigenvalue weighted by Crippen LogP contribution is -2.36. The Kier molecular flexibility index (Phi) is 4.84. The first kappa shape index (κ1) is 14.6. The van der Waals surface area contributed by atoms with E-state index in [1.54, 1.807) is 13.8 Å². The van der Waals surface area contributed by atoms with Crippen LogP contribution in [0.3, 0.4) is 0 Å². The molecule has 0 heterocycles. The van der Waals surface area contributed by atoms with Crippen molar-refractivity contribution in [1.29, 1.82) is 5.26 Å². The molecule has 1 atom stereocenters. The lowest BCUT2D eigenvalue weighted by molar-refractivity contribution is 0.254. The average Bonchev–Trinajstić information content (AvgIpc) is 2.35. The van der Waals surface area contributed by atoms with E-state index in [0.717, 1.165) is 0 Å². The summed E-state index contributed by atoms with van der Waals surface area (Å²) < 4.78 is 26.4. The number of nitriles is 1. The van der Waals surface area contributed by atoms with E-state index in [0.29, 0.717) is 17.5 Å². The standard InChI is InChI=1S/C12H16N2O3S/c1-3-11(8-15)14-18(16,17)12-5-4-10(7-13)9(2)6-12/h4-6,11,14-15H,3,8H2,1-2H3. The number of sulfonamides is 1. The van der Waals surface area contributed by atoms with E-state index in [-0.39, 0.29) is 11.5 Å². The summed E-state index contributed by atoms with van der Waals surface area (Å²) in [4.78, 5) is 0.103. The second kappa shape index (κ2) is 5.96. The zero-order chi connectivity index (χ0) is 13.8. The van der Waals surface area contributed by atoms with Crippen LogP contribution >= 0.6 is 0 Å². The summed E-state index contributed by atoms with van der Waals surface area (Å²) in [7, 11) is -3.65. The van der Waals surface area contributed by atoms with Crippen molar-refractivity contribution in [2.24, 2.45) is 0 Å². The second-order valence-corrected chi connectivity index (χ2v) is 5.71. The molecule has 1 aromatic carbocycles. The topological polar surface area (TPSA) is 90.2 Å². The van der Waals surface area contributed by atoms with E-state index in [1.165, 1.54) is 18.2 Å². The minimum absolute atomic E-state index is 0.103. The Morgan fingerprint density at radius 3 is 2.61 bits per heavy atom. The minimum atomic E-state index is -3.65. The Hall–Kier alpha value is -1.42. The van der Waals surface area contributed by atoms with Gasteiger partial charge in [0, 0.05) is 6.04 Å². The summed E-state index contributed by atoms with van der Waals surface area (Å²) >= 11 is 0. The van der Waals surface area contributed by atoms with Gasteiger partial charge in [0.05, 0.1) is 23.1 Å². The van der Waals surface area contributed by atoms with Gasteiger partial charge in [-0.3, -0.25) is 0 Å². The van der Waals surface area contributed by atoms with Gasteiger partial charge in [-0.25, -0.2) is 13.1 Å². The molecule has 1 unspecified atom stereocenters. The van der Waals surface area contributed by atoms with E-state index >= 15 is 0 Å². The van der Waals surface area contributed by atoms with Crippen molar-refractivity contribution in [2.45, 2.75) is 31.2 Å². The van der Waals surface area contributed by atoms with Gasteiger partial charge in [-0.2, -0.15) is 5.26 Å². The summed E-state index contributed by atoms with van der Waals surface area (Å²) in [6.07, 6.45) is 0.505. The number of benzene rings is 1. The fourth-order valence-corrected chi connectivity index (χ4v) is 2.86. The average molecular weight is 268 g/mol. The maximum atomic E-state index is 12.0. The molecule has 6 heteroatoms. The van der Waals surface area contributed by atoms with Gasteiger partial charge < -0.3 is 5.11 Å². The maximum absolute atomic E-state index is 12.0.